The molecule has 0 saturated heterocycles. The van der Waals surface area contributed by atoms with Crippen molar-refractivity contribution >= 4 is 22.4 Å². The summed E-state index contributed by atoms with van der Waals surface area (Å²) in [5.41, 5.74) is 10.1. The molecule has 3 rings (SSSR count). The van der Waals surface area contributed by atoms with Gasteiger partial charge < -0.3 is 5.73 Å². The fourth-order valence-corrected chi connectivity index (χ4v) is 2.94. The van der Waals surface area contributed by atoms with Crippen LogP contribution in [0, 0.1) is 6.92 Å². The van der Waals surface area contributed by atoms with Crippen molar-refractivity contribution in [3.63, 3.8) is 0 Å². The minimum Gasteiger partial charge on any atom is -0.324 e. The SMILES string of the molecule is Cc1csc(CC(N)c2cccc3nccnc23)n1. The molecule has 3 aromatic rings. The van der Waals surface area contributed by atoms with Crippen molar-refractivity contribution in [1.82, 2.24) is 15.0 Å². The third kappa shape index (κ3) is 2.47. The van der Waals surface area contributed by atoms with Crippen LogP contribution in [0.2, 0.25) is 0 Å². The van der Waals surface area contributed by atoms with Gasteiger partial charge in [-0.15, -0.1) is 11.3 Å². The van der Waals surface area contributed by atoms with Crippen LogP contribution in [-0.2, 0) is 6.42 Å². The second kappa shape index (κ2) is 5.03. The monoisotopic (exact) mass is 270 g/mol. The molecule has 0 radical (unpaired) electrons. The van der Waals surface area contributed by atoms with Crippen LogP contribution in [0.5, 0.6) is 0 Å². The minimum absolute atomic E-state index is 0.106. The Hall–Kier alpha value is -1.85. The Bertz CT molecular complexity index is 702. The molecule has 0 bridgehead atoms. The van der Waals surface area contributed by atoms with Crippen LogP contribution in [0.4, 0.5) is 0 Å². The first-order chi connectivity index (χ1) is 9.24. The lowest BCUT2D eigenvalue weighted by molar-refractivity contribution is 0.720. The standard InChI is InChI=1S/C14H14N4S/c1-9-8-19-13(18-9)7-11(15)10-3-2-4-12-14(10)17-6-5-16-12/h2-6,8,11H,7,15H2,1H3. The van der Waals surface area contributed by atoms with Gasteiger partial charge in [-0.25, -0.2) is 4.98 Å². The number of benzene rings is 1. The second-order valence-corrected chi connectivity index (χ2v) is 5.41. The van der Waals surface area contributed by atoms with Crippen LogP contribution in [0.15, 0.2) is 36.0 Å². The maximum atomic E-state index is 6.30. The molecule has 1 atom stereocenters. The van der Waals surface area contributed by atoms with E-state index in [1.807, 2.05) is 30.5 Å². The van der Waals surface area contributed by atoms with E-state index in [4.69, 9.17) is 5.73 Å². The van der Waals surface area contributed by atoms with Gasteiger partial charge in [0.25, 0.3) is 0 Å². The Morgan fingerprint density at radius 3 is 2.89 bits per heavy atom. The van der Waals surface area contributed by atoms with Crippen molar-refractivity contribution < 1.29 is 0 Å². The van der Waals surface area contributed by atoms with E-state index in [0.29, 0.717) is 0 Å². The fraction of sp³-hybridized carbons (Fsp3) is 0.214. The van der Waals surface area contributed by atoms with E-state index in [9.17, 15) is 0 Å². The summed E-state index contributed by atoms with van der Waals surface area (Å²) in [5.74, 6) is 0. The highest BCUT2D eigenvalue weighted by atomic mass is 32.1. The van der Waals surface area contributed by atoms with Crippen LogP contribution in [0.3, 0.4) is 0 Å². The average Bonchev–Trinajstić information content (AvgIpc) is 2.83. The lowest BCUT2D eigenvalue weighted by atomic mass is 10.0. The lowest BCUT2D eigenvalue weighted by Gasteiger charge is -2.12. The highest BCUT2D eigenvalue weighted by Crippen LogP contribution is 2.23. The molecule has 0 aliphatic heterocycles. The number of aryl methyl sites for hydroxylation is 1. The first-order valence-electron chi connectivity index (χ1n) is 6.10. The van der Waals surface area contributed by atoms with Crippen LogP contribution >= 0.6 is 11.3 Å². The predicted octanol–water partition coefficient (Wildman–Crippen LogP) is 2.64. The van der Waals surface area contributed by atoms with Crippen LogP contribution in [0.1, 0.15) is 22.3 Å². The highest BCUT2D eigenvalue weighted by molar-refractivity contribution is 7.09. The minimum atomic E-state index is -0.106. The van der Waals surface area contributed by atoms with E-state index in [1.54, 1.807) is 23.7 Å². The Labute approximate surface area is 115 Å². The number of hydrogen-bond donors (Lipinski definition) is 1. The van der Waals surface area contributed by atoms with Gasteiger partial charge in [-0.1, -0.05) is 12.1 Å². The number of rotatable bonds is 3. The smallest absolute Gasteiger partial charge is 0.0947 e. The Balaban J connectivity index is 1.95. The molecule has 2 N–H and O–H groups in total. The molecule has 1 aromatic carbocycles. The summed E-state index contributed by atoms with van der Waals surface area (Å²) in [7, 11) is 0. The second-order valence-electron chi connectivity index (χ2n) is 4.46. The van der Waals surface area contributed by atoms with Crippen molar-refractivity contribution in [2.45, 2.75) is 19.4 Å². The van der Waals surface area contributed by atoms with E-state index >= 15 is 0 Å². The first kappa shape index (κ1) is 12.2. The molecule has 2 heterocycles. The van der Waals surface area contributed by atoms with Gasteiger partial charge in [0, 0.05) is 35.9 Å². The zero-order valence-corrected chi connectivity index (χ0v) is 11.4. The molecule has 0 aliphatic carbocycles. The van der Waals surface area contributed by atoms with Crippen LogP contribution in [0.25, 0.3) is 11.0 Å². The van der Waals surface area contributed by atoms with E-state index in [2.05, 4.69) is 15.0 Å². The fourth-order valence-electron chi connectivity index (χ4n) is 2.11. The van der Waals surface area contributed by atoms with Crippen LogP contribution < -0.4 is 5.73 Å². The number of aromatic nitrogens is 3. The van der Waals surface area contributed by atoms with Gasteiger partial charge in [-0.2, -0.15) is 0 Å². The number of thiazole rings is 1. The first-order valence-corrected chi connectivity index (χ1v) is 6.98. The Morgan fingerprint density at radius 2 is 2.11 bits per heavy atom. The molecular formula is C14H14N4S. The molecule has 2 aromatic heterocycles. The van der Waals surface area contributed by atoms with Crippen molar-refractivity contribution in [3.8, 4) is 0 Å². The molecule has 19 heavy (non-hydrogen) atoms. The molecule has 5 heteroatoms. The van der Waals surface area contributed by atoms with E-state index in [0.717, 1.165) is 33.7 Å². The van der Waals surface area contributed by atoms with Gasteiger partial charge in [-0.3, -0.25) is 9.97 Å². The third-order valence-corrected chi connectivity index (χ3v) is 3.98. The largest absolute Gasteiger partial charge is 0.324 e. The summed E-state index contributed by atoms with van der Waals surface area (Å²) in [4.78, 5) is 13.2. The molecule has 0 aliphatic rings. The van der Waals surface area contributed by atoms with Crippen molar-refractivity contribution in [2.75, 3.05) is 0 Å². The number of nitrogens with zero attached hydrogens (tertiary/aromatic N) is 3. The number of fused-ring (bicyclic) bond motifs is 1. The summed E-state index contributed by atoms with van der Waals surface area (Å²) < 4.78 is 0. The highest BCUT2D eigenvalue weighted by Gasteiger charge is 2.13. The van der Waals surface area contributed by atoms with E-state index in [1.165, 1.54) is 0 Å². The summed E-state index contributed by atoms with van der Waals surface area (Å²) in [6.07, 6.45) is 4.13. The summed E-state index contributed by atoms with van der Waals surface area (Å²) in [6, 6.07) is 5.83. The number of hydrogen-bond acceptors (Lipinski definition) is 5. The summed E-state index contributed by atoms with van der Waals surface area (Å²) in [6.45, 7) is 1.99. The molecule has 1 unspecified atom stereocenters. The van der Waals surface area contributed by atoms with Gasteiger partial charge >= 0.3 is 0 Å². The predicted molar refractivity (Wildman–Crippen MR) is 77.0 cm³/mol. The van der Waals surface area contributed by atoms with Gasteiger partial charge in [0.15, 0.2) is 0 Å². The molecule has 0 saturated carbocycles. The van der Waals surface area contributed by atoms with E-state index < -0.39 is 0 Å². The van der Waals surface area contributed by atoms with Gasteiger partial charge in [0.05, 0.1) is 16.0 Å². The maximum absolute atomic E-state index is 6.30. The molecule has 96 valence electrons. The molecule has 0 amide bonds. The van der Waals surface area contributed by atoms with Crippen molar-refractivity contribution in [1.29, 1.82) is 0 Å². The van der Waals surface area contributed by atoms with Gasteiger partial charge in [-0.05, 0) is 18.6 Å². The molecule has 4 nitrogen and oxygen atoms in total. The Kier molecular flexibility index (Phi) is 3.23. The average molecular weight is 270 g/mol. The summed E-state index contributed by atoms with van der Waals surface area (Å²) in [5, 5.41) is 3.11. The van der Waals surface area contributed by atoms with E-state index in [-0.39, 0.29) is 6.04 Å². The maximum Gasteiger partial charge on any atom is 0.0947 e. The lowest BCUT2D eigenvalue weighted by Crippen LogP contribution is -2.14. The molecular weight excluding hydrogens is 256 g/mol. The van der Waals surface area contributed by atoms with Gasteiger partial charge in [0.1, 0.15) is 0 Å². The third-order valence-electron chi connectivity index (χ3n) is 2.99. The zero-order valence-electron chi connectivity index (χ0n) is 10.6. The van der Waals surface area contributed by atoms with Crippen molar-refractivity contribution in [2.24, 2.45) is 5.73 Å². The van der Waals surface area contributed by atoms with Crippen molar-refractivity contribution in [3.05, 3.63) is 52.2 Å². The Morgan fingerprint density at radius 1 is 1.26 bits per heavy atom. The van der Waals surface area contributed by atoms with Crippen LogP contribution in [-0.4, -0.2) is 15.0 Å². The summed E-state index contributed by atoms with van der Waals surface area (Å²) >= 11 is 1.65. The number of nitrogens with two attached hydrogens (primary N) is 1. The van der Waals surface area contributed by atoms with Gasteiger partial charge in [0.2, 0.25) is 0 Å². The normalized spacial score (nSPS) is 12.7. The topological polar surface area (TPSA) is 64.7 Å². The number of para-hydroxylation sites is 1. The molecule has 0 spiro atoms. The zero-order chi connectivity index (χ0) is 13.2. The quantitative estimate of drug-likeness (QED) is 0.794. The molecule has 0 fully saturated rings.